The summed E-state index contributed by atoms with van der Waals surface area (Å²) in [6.07, 6.45) is -0.721. The van der Waals surface area contributed by atoms with Crippen LogP contribution in [0.5, 0.6) is 0 Å². The summed E-state index contributed by atoms with van der Waals surface area (Å²) in [4.78, 5) is 25.5. The lowest BCUT2D eigenvalue weighted by Crippen LogP contribution is -2.41. The second-order valence-electron chi connectivity index (χ2n) is 5.29. The third-order valence-electron chi connectivity index (χ3n) is 3.52. The molecule has 0 aromatic heterocycles. The predicted molar refractivity (Wildman–Crippen MR) is 87.9 cm³/mol. The van der Waals surface area contributed by atoms with Crippen LogP contribution in [0.3, 0.4) is 0 Å². The van der Waals surface area contributed by atoms with Gasteiger partial charge in [0, 0.05) is 0 Å². The van der Waals surface area contributed by atoms with Crippen molar-refractivity contribution in [3.8, 4) is 0 Å². The predicted octanol–water partition coefficient (Wildman–Crippen LogP) is 2.84. The molecule has 1 heterocycles. The molecule has 1 fully saturated rings. The van der Waals surface area contributed by atoms with Crippen molar-refractivity contribution in [2.24, 2.45) is 0 Å². The largest absolute Gasteiger partial charge is 0.447 e. The zero-order chi connectivity index (χ0) is 17.6. The van der Waals surface area contributed by atoms with Crippen molar-refractivity contribution in [2.75, 3.05) is 26.0 Å². The molecule has 1 unspecified atom stereocenters. The molecule has 132 valence electrons. The quantitative estimate of drug-likeness (QED) is 0.667. The highest BCUT2D eigenvalue weighted by Crippen LogP contribution is 2.48. The van der Waals surface area contributed by atoms with Crippen LogP contribution in [0.25, 0.3) is 0 Å². The van der Waals surface area contributed by atoms with E-state index in [1.165, 1.54) is 0 Å². The highest BCUT2D eigenvalue weighted by Gasteiger charge is 2.41. The number of rotatable bonds is 8. The van der Waals surface area contributed by atoms with Gasteiger partial charge in [0.15, 0.2) is 0 Å². The molecule has 1 aromatic carbocycles. The topological polar surface area (TPSA) is 82.1 Å². The number of carbonyl (C=O) groups excluding carboxylic acids is 2. The third-order valence-corrected chi connectivity index (χ3v) is 5.49. The van der Waals surface area contributed by atoms with Gasteiger partial charge in [0.05, 0.1) is 19.3 Å². The summed E-state index contributed by atoms with van der Waals surface area (Å²) < 4.78 is 27.8. The van der Waals surface area contributed by atoms with E-state index in [1.54, 1.807) is 13.8 Å². The summed E-state index contributed by atoms with van der Waals surface area (Å²) in [5, 5.41) is 0. The first-order chi connectivity index (χ1) is 11.5. The molecule has 0 saturated carbocycles. The maximum absolute atomic E-state index is 12.5. The minimum Gasteiger partial charge on any atom is -0.447 e. The lowest BCUT2D eigenvalue weighted by Gasteiger charge is -2.22. The first-order valence-electron chi connectivity index (χ1n) is 7.90. The van der Waals surface area contributed by atoms with Gasteiger partial charge in [-0.05, 0) is 25.8 Å². The Morgan fingerprint density at radius 2 is 1.88 bits per heavy atom. The first kappa shape index (κ1) is 18.6. The number of benzene rings is 1. The molecule has 2 rings (SSSR count). The van der Waals surface area contributed by atoms with Crippen LogP contribution in [0.1, 0.15) is 19.4 Å². The van der Waals surface area contributed by atoms with Crippen LogP contribution in [0, 0.1) is 0 Å². The lowest BCUT2D eigenvalue weighted by molar-refractivity contribution is -0.126. The minimum atomic E-state index is -3.56. The Bertz CT molecular complexity index is 610. The maximum Gasteiger partial charge on any atom is 0.417 e. The SMILES string of the molecule is CCOP(=O)(CC(=O)N1C(=O)OCC1Cc1ccccc1)OCC. The van der Waals surface area contributed by atoms with Crippen LogP contribution in [0.2, 0.25) is 0 Å². The van der Waals surface area contributed by atoms with Crippen LogP contribution >= 0.6 is 7.60 Å². The zero-order valence-corrected chi connectivity index (χ0v) is 14.7. The first-order valence-corrected chi connectivity index (χ1v) is 9.62. The molecular weight excluding hydrogens is 333 g/mol. The van der Waals surface area contributed by atoms with E-state index >= 15 is 0 Å². The van der Waals surface area contributed by atoms with Gasteiger partial charge >= 0.3 is 13.7 Å². The molecule has 1 aromatic rings. The number of ether oxygens (including phenoxy) is 1. The second kappa shape index (κ2) is 8.42. The van der Waals surface area contributed by atoms with E-state index in [0.29, 0.717) is 6.42 Å². The van der Waals surface area contributed by atoms with Gasteiger partial charge in [0.25, 0.3) is 0 Å². The molecule has 0 N–H and O–H groups in total. The highest BCUT2D eigenvalue weighted by molar-refractivity contribution is 7.54. The zero-order valence-electron chi connectivity index (χ0n) is 13.8. The van der Waals surface area contributed by atoms with Crippen LogP contribution in [-0.2, 0) is 29.6 Å². The molecule has 0 radical (unpaired) electrons. The fraction of sp³-hybridized carbons (Fsp3) is 0.500. The van der Waals surface area contributed by atoms with Crippen LogP contribution in [-0.4, -0.2) is 48.9 Å². The molecule has 7 nitrogen and oxygen atoms in total. The van der Waals surface area contributed by atoms with Crippen molar-refractivity contribution in [3.05, 3.63) is 35.9 Å². The average molecular weight is 355 g/mol. The van der Waals surface area contributed by atoms with E-state index in [9.17, 15) is 14.2 Å². The number of amides is 2. The van der Waals surface area contributed by atoms with Crippen molar-refractivity contribution in [1.29, 1.82) is 0 Å². The van der Waals surface area contributed by atoms with E-state index in [1.807, 2.05) is 30.3 Å². The van der Waals surface area contributed by atoms with E-state index in [2.05, 4.69) is 0 Å². The molecule has 1 aliphatic heterocycles. The van der Waals surface area contributed by atoms with E-state index in [0.717, 1.165) is 10.5 Å². The Hall–Kier alpha value is -1.69. The molecule has 0 spiro atoms. The van der Waals surface area contributed by atoms with Gasteiger partial charge in [-0.1, -0.05) is 30.3 Å². The normalized spacial score (nSPS) is 17.8. The molecular formula is C16H22NO6P. The van der Waals surface area contributed by atoms with Crippen molar-refractivity contribution >= 4 is 19.6 Å². The molecule has 2 amide bonds. The summed E-state index contributed by atoms with van der Waals surface area (Å²) in [6, 6.07) is 9.06. The lowest BCUT2D eigenvalue weighted by atomic mass is 10.1. The third kappa shape index (κ3) is 4.66. The van der Waals surface area contributed by atoms with Crippen molar-refractivity contribution < 1.29 is 27.9 Å². The van der Waals surface area contributed by atoms with Gasteiger partial charge in [-0.3, -0.25) is 9.36 Å². The average Bonchev–Trinajstić information content (AvgIpc) is 2.89. The molecule has 8 heteroatoms. The number of hydrogen-bond donors (Lipinski definition) is 0. The van der Waals surface area contributed by atoms with Gasteiger partial charge in [-0.25, -0.2) is 9.69 Å². The Balaban J connectivity index is 2.10. The van der Waals surface area contributed by atoms with Gasteiger partial charge in [-0.2, -0.15) is 0 Å². The highest BCUT2D eigenvalue weighted by atomic mass is 31.2. The molecule has 1 atom stereocenters. The smallest absolute Gasteiger partial charge is 0.417 e. The van der Waals surface area contributed by atoms with Crippen LogP contribution < -0.4 is 0 Å². The van der Waals surface area contributed by atoms with E-state index in [4.69, 9.17) is 13.8 Å². The molecule has 0 bridgehead atoms. The molecule has 24 heavy (non-hydrogen) atoms. The second-order valence-corrected chi connectivity index (χ2v) is 7.34. The Morgan fingerprint density at radius 1 is 1.25 bits per heavy atom. The summed E-state index contributed by atoms with van der Waals surface area (Å²) in [7, 11) is -3.56. The van der Waals surface area contributed by atoms with Crippen LogP contribution in [0.15, 0.2) is 30.3 Å². The van der Waals surface area contributed by atoms with Crippen molar-refractivity contribution in [2.45, 2.75) is 26.3 Å². The standard InChI is InChI=1S/C16H22NO6P/c1-3-22-24(20,23-4-2)12-15(18)17-14(11-21-16(17)19)10-13-8-6-5-7-9-13/h5-9,14H,3-4,10-12H2,1-2H3. The number of carbonyl (C=O) groups is 2. The van der Waals surface area contributed by atoms with Crippen molar-refractivity contribution in [3.63, 3.8) is 0 Å². The van der Waals surface area contributed by atoms with Gasteiger partial charge < -0.3 is 13.8 Å². The van der Waals surface area contributed by atoms with Crippen LogP contribution in [0.4, 0.5) is 4.79 Å². The van der Waals surface area contributed by atoms with Crippen molar-refractivity contribution in [1.82, 2.24) is 4.90 Å². The summed E-state index contributed by atoms with van der Waals surface area (Å²) in [5.74, 6) is -0.608. The number of nitrogens with zero attached hydrogens (tertiary/aromatic N) is 1. The Labute approximate surface area is 141 Å². The molecule has 1 aliphatic rings. The number of hydrogen-bond acceptors (Lipinski definition) is 6. The fourth-order valence-electron chi connectivity index (χ4n) is 2.57. The summed E-state index contributed by atoms with van der Waals surface area (Å²) >= 11 is 0. The van der Waals surface area contributed by atoms with E-state index in [-0.39, 0.29) is 19.8 Å². The summed E-state index contributed by atoms with van der Waals surface area (Å²) in [6.45, 7) is 3.76. The number of imide groups is 1. The maximum atomic E-state index is 12.5. The molecule has 1 saturated heterocycles. The fourth-order valence-corrected chi connectivity index (χ4v) is 4.09. The minimum absolute atomic E-state index is 0.118. The Morgan fingerprint density at radius 3 is 2.46 bits per heavy atom. The monoisotopic (exact) mass is 355 g/mol. The van der Waals surface area contributed by atoms with Gasteiger partial charge in [0.1, 0.15) is 12.8 Å². The summed E-state index contributed by atoms with van der Waals surface area (Å²) in [5.41, 5.74) is 0.983. The Kier molecular flexibility index (Phi) is 6.54. The van der Waals surface area contributed by atoms with Gasteiger partial charge in [-0.15, -0.1) is 0 Å². The van der Waals surface area contributed by atoms with Gasteiger partial charge in [0.2, 0.25) is 5.91 Å². The number of cyclic esters (lactones) is 1. The molecule has 0 aliphatic carbocycles. The van der Waals surface area contributed by atoms with E-state index < -0.39 is 31.8 Å².